The average molecular weight is 508 g/mol. The monoisotopic (exact) mass is 507 g/mol. The second-order valence-electron chi connectivity index (χ2n) is 10.3. The van der Waals surface area contributed by atoms with Crippen LogP contribution in [0, 0.1) is 11.3 Å². The molecule has 1 aliphatic rings. The summed E-state index contributed by atoms with van der Waals surface area (Å²) in [7, 11) is 0. The number of likely N-dealkylation sites (tertiary alicyclic amines) is 1. The van der Waals surface area contributed by atoms with E-state index in [0.717, 1.165) is 10.5 Å². The second kappa shape index (κ2) is 10.3. The van der Waals surface area contributed by atoms with Gasteiger partial charge in [0, 0.05) is 30.4 Å². The van der Waals surface area contributed by atoms with Crippen LogP contribution >= 0.6 is 0 Å². The Morgan fingerprint density at radius 1 is 1.11 bits per heavy atom. The third kappa shape index (κ3) is 6.11. The highest BCUT2D eigenvalue weighted by Crippen LogP contribution is 2.38. The number of alkyl halides is 2. The van der Waals surface area contributed by atoms with E-state index in [-0.39, 0.29) is 6.54 Å². The van der Waals surface area contributed by atoms with Crippen LogP contribution in [-0.2, 0) is 11.2 Å². The van der Waals surface area contributed by atoms with Crippen molar-refractivity contribution >= 4 is 6.09 Å². The zero-order valence-electron chi connectivity index (χ0n) is 21.5. The molecule has 6 nitrogen and oxygen atoms in total. The quantitative estimate of drug-likeness (QED) is 0.366. The molecule has 1 amide bonds. The first-order valence-electron chi connectivity index (χ1n) is 12.3. The minimum absolute atomic E-state index is 0.0698. The molecule has 4 rings (SSSR count). The highest BCUT2D eigenvalue weighted by atomic mass is 19.3. The fourth-order valence-electron chi connectivity index (χ4n) is 4.65. The lowest BCUT2D eigenvalue weighted by atomic mass is 10.0. The molecule has 2 aromatic carbocycles. The van der Waals surface area contributed by atoms with Gasteiger partial charge in [-0.2, -0.15) is 5.26 Å². The van der Waals surface area contributed by atoms with E-state index < -0.39 is 36.6 Å². The fraction of sp³-hybridized carbons (Fsp3) is 0.379. The molecule has 1 aliphatic heterocycles. The number of carbonyl (C=O) groups is 1. The molecule has 8 heteroatoms. The predicted molar refractivity (Wildman–Crippen MR) is 137 cm³/mol. The van der Waals surface area contributed by atoms with Crippen LogP contribution < -0.4 is 4.74 Å². The van der Waals surface area contributed by atoms with Crippen LogP contribution in [0.5, 0.6) is 11.5 Å². The summed E-state index contributed by atoms with van der Waals surface area (Å²) in [6.45, 7) is 6.37. The third-order valence-electron chi connectivity index (χ3n) is 6.16. The van der Waals surface area contributed by atoms with Crippen molar-refractivity contribution in [1.29, 1.82) is 5.26 Å². The van der Waals surface area contributed by atoms with Gasteiger partial charge in [-0.25, -0.2) is 13.6 Å². The van der Waals surface area contributed by atoms with Crippen molar-refractivity contribution in [1.82, 2.24) is 9.47 Å². The van der Waals surface area contributed by atoms with E-state index in [1.807, 2.05) is 61.5 Å². The summed E-state index contributed by atoms with van der Waals surface area (Å²) in [5.74, 6) is -1.73. The number of aromatic nitrogens is 1. The Labute approximate surface area is 216 Å². The summed E-state index contributed by atoms with van der Waals surface area (Å²) < 4.78 is 42.6. The Morgan fingerprint density at radius 2 is 1.76 bits per heavy atom. The molecule has 194 valence electrons. The third-order valence-corrected chi connectivity index (χ3v) is 6.16. The molecule has 1 saturated heterocycles. The largest absolute Gasteiger partial charge is 0.457 e. The topological polar surface area (TPSA) is 67.5 Å². The van der Waals surface area contributed by atoms with Crippen LogP contribution in [0.2, 0.25) is 0 Å². The lowest BCUT2D eigenvalue weighted by Crippen LogP contribution is -2.51. The number of benzene rings is 2. The normalized spacial score (nSPS) is 17.2. The number of ether oxygens (including phenoxy) is 2. The lowest BCUT2D eigenvalue weighted by molar-refractivity contribution is -0.0840. The van der Waals surface area contributed by atoms with Gasteiger partial charge in [-0.05, 0) is 57.0 Å². The molecule has 3 aromatic rings. The van der Waals surface area contributed by atoms with Gasteiger partial charge in [0.1, 0.15) is 23.2 Å². The molecule has 1 fully saturated rings. The molecule has 0 radical (unpaired) electrons. The molecule has 0 bridgehead atoms. The molecule has 0 aliphatic carbocycles. The molecule has 37 heavy (non-hydrogen) atoms. The summed E-state index contributed by atoms with van der Waals surface area (Å²) in [6, 6.07) is 18.3. The van der Waals surface area contributed by atoms with Crippen LogP contribution in [0.15, 0.2) is 60.8 Å². The number of para-hydroxylation sites is 1. The van der Waals surface area contributed by atoms with Crippen molar-refractivity contribution in [3.8, 4) is 28.7 Å². The van der Waals surface area contributed by atoms with Crippen LogP contribution in [0.4, 0.5) is 13.6 Å². The number of halogens is 2. The van der Waals surface area contributed by atoms with Gasteiger partial charge in [-0.3, -0.25) is 0 Å². The highest BCUT2D eigenvalue weighted by Gasteiger charge is 2.44. The molecule has 0 spiro atoms. The molecule has 2 heterocycles. The summed E-state index contributed by atoms with van der Waals surface area (Å²) in [5, 5.41) is 10.0. The van der Waals surface area contributed by atoms with Crippen LogP contribution in [-0.4, -0.2) is 40.2 Å². The first-order chi connectivity index (χ1) is 17.5. The van der Waals surface area contributed by atoms with Crippen LogP contribution in [0.3, 0.4) is 0 Å². The number of hydrogen-bond acceptors (Lipinski definition) is 4. The Kier molecular flexibility index (Phi) is 7.26. The van der Waals surface area contributed by atoms with E-state index in [0.29, 0.717) is 34.7 Å². The number of piperidine rings is 1. The first-order valence-corrected chi connectivity index (χ1v) is 12.3. The molecular formula is C29H31F2N3O3. The molecular weight excluding hydrogens is 476 g/mol. The SMILES string of the molecule is CCc1c(C#N)c(-c2ccc(Oc3ccccc3)cc2)cn1[C@H]1CN(C(=O)OC(C)(C)C)CC(F)(F)C1. The number of amides is 1. The van der Waals surface area contributed by atoms with Gasteiger partial charge >= 0.3 is 6.09 Å². The Balaban J connectivity index is 1.65. The molecule has 0 N–H and O–H groups in total. The van der Waals surface area contributed by atoms with Gasteiger partial charge in [-0.1, -0.05) is 37.3 Å². The van der Waals surface area contributed by atoms with Crippen LogP contribution in [0.1, 0.15) is 51.4 Å². The number of nitrogens with zero attached hydrogens (tertiary/aromatic N) is 3. The lowest BCUT2D eigenvalue weighted by Gasteiger charge is -2.39. The van der Waals surface area contributed by atoms with E-state index in [1.54, 1.807) is 31.5 Å². The smallest absolute Gasteiger partial charge is 0.410 e. The predicted octanol–water partition coefficient (Wildman–Crippen LogP) is 7.20. The maximum Gasteiger partial charge on any atom is 0.410 e. The number of rotatable bonds is 5. The van der Waals surface area contributed by atoms with Crippen molar-refractivity contribution in [2.75, 3.05) is 13.1 Å². The van der Waals surface area contributed by atoms with Crippen molar-refractivity contribution in [3.05, 3.63) is 72.1 Å². The van der Waals surface area contributed by atoms with E-state index in [4.69, 9.17) is 9.47 Å². The average Bonchev–Trinajstić information content (AvgIpc) is 3.22. The van der Waals surface area contributed by atoms with Crippen LogP contribution in [0.25, 0.3) is 11.1 Å². The standard InChI is InChI=1S/C29H31F2N3O3/c1-5-26-24(16-32)25(20-11-13-23(14-12-20)36-22-9-7-6-8-10-22)18-34(26)21-15-29(30,31)19-33(17-21)27(35)37-28(2,3)4/h6-14,18,21H,5,15,17,19H2,1-4H3/t21-/m1/s1. The fourth-order valence-corrected chi connectivity index (χ4v) is 4.65. The Morgan fingerprint density at radius 3 is 2.35 bits per heavy atom. The van der Waals surface area contributed by atoms with Gasteiger partial charge < -0.3 is 18.9 Å². The van der Waals surface area contributed by atoms with Gasteiger partial charge in [0.15, 0.2) is 0 Å². The molecule has 0 unspecified atom stereocenters. The number of hydrogen-bond donors (Lipinski definition) is 0. The zero-order chi connectivity index (χ0) is 26.8. The maximum atomic E-state index is 14.8. The second-order valence-corrected chi connectivity index (χ2v) is 10.3. The molecule has 1 aromatic heterocycles. The minimum atomic E-state index is -3.08. The summed E-state index contributed by atoms with van der Waals surface area (Å²) in [6.07, 6.45) is 1.04. The summed E-state index contributed by atoms with van der Waals surface area (Å²) >= 11 is 0. The van der Waals surface area contributed by atoms with Crippen molar-refractivity contribution in [2.45, 2.75) is 58.1 Å². The first kappa shape index (κ1) is 26.2. The Bertz CT molecular complexity index is 1290. The zero-order valence-corrected chi connectivity index (χ0v) is 21.5. The number of carbonyl (C=O) groups excluding carboxylic acids is 1. The van der Waals surface area contributed by atoms with E-state index >= 15 is 0 Å². The summed E-state index contributed by atoms with van der Waals surface area (Å²) in [5.41, 5.74) is 1.74. The van der Waals surface area contributed by atoms with Gasteiger partial charge in [0.25, 0.3) is 5.92 Å². The van der Waals surface area contributed by atoms with Crippen molar-refractivity contribution < 1.29 is 23.0 Å². The summed E-state index contributed by atoms with van der Waals surface area (Å²) in [4.78, 5) is 13.7. The molecule has 0 saturated carbocycles. The van der Waals surface area contributed by atoms with Gasteiger partial charge in [0.2, 0.25) is 0 Å². The highest BCUT2D eigenvalue weighted by molar-refractivity contribution is 5.73. The maximum absolute atomic E-state index is 14.8. The van der Waals surface area contributed by atoms with Crippen molar-refractivity contribution in [3.63, 3.8) is 0 Å². The van der Waals surface area contributed by atoms with E-state index in [1.165, 1.54) is 0 Å². The molecule has 1 atom stereocenters. The minimum Gasteiger partial charge on any atom is -0.457 e. The van der Waals surface area contributed by atoms with E-state index in [2.05, 4.69) is 6.07 Å². The van der Waals surface area contributed by atoms with E-state index in [9.17, 15) is 18.8 Å². The van der Waals surface area contributed by atoms with Gasteiger partial charge in [0.05, 0.1) is 18.2 Å². The Hall–Kier alpha value is -3.86. The van der Waals surface area contributed by atoms with Crippen molar-refractivity contribution in [2.24, 2.45) is 0 Å². The number of nitriles is 1. The van der Waals surface area contributed by atoms with Gasteiger partial charge in [-0.15, -0.1) is 0 Å².